The first-order valence-electron chi connectivity index (χ1n) is 7.55. The number of halogens is 1. The summed E-state index contributed by atoms with van der Waals surface area (Å²) in [7, 11) is 1.50. The highest BCUT2D eigenvalue weighted by Gasteiger charge is 2.37. The van der Waals surface area contributed by atoms with Gasteiger partial charge in [0.1, 0.15) is 5.70 Å². The third-order valence-electron chi connectivity index (χ3n) is 4.03. The fourth-order valence-electron chi connectivity index (χ4n) is 2.81. The van der Waals surface area contributed by atoms with Crippen LogP contribution in [0.25, 0.3) is 5.57 Å². The van der Waals surface area contributed by atoms with Gasteiger partial charge in [0, 0.05) is 17.2 Å². The van der Waals surface area contributed by atoms with Gasteiger partial charge in [0.25, 0.3) is 11.8 Å². The third kappa shape index (κ3) is 2.87. The van der Waals surface area contributed by atoms with Gasteiger partial charge in [-0.3, -0.25) is 14.5 Å². The zero-order valence-corrected chi connectivity index (χ0v) is 15.3. The van der Waals surface area contributed by atoms with Crippen LogP contribution in [0, 0.1) is 13.8 Å². The van der Waals surface area contributed by atoms with Crippen LogP contribution in [0.1, 0.15) is 16.7 Å². The summed E-state index contributed by atoms with van der Waals surface area (Å²) in [6.07, 6.45) is 0. The molecule has 2 amide bonds. The van der Waals surface area contributed by atoms with Gasteiger partial charge in [0.2, 0.25) is 0 Å². The lowest BCUT2D eigenvalue weighted by Crippen LogP contribution is -2.27. The summed E-state index contributed by atoms with van der Waals surface area (Å²) in [6, 6.07) is 13.3. The smallest absolute Gasteiger partial charge is 0.277 e. The number of amides is 2. The second kappa shape index (κ2) is 6.24. The predicted molar refractivity (Wildman–Crippen MR) is 98.4 cm³/mol. The molecular weight excluding hydrogens is 368 g/mol. The number of imide groups is 1. The van der Waals surface area contributed by atoms with Crippen LogP contribution in [-0.2, 0) is 9.59 Å². The molecule has 0 aromatic heterocycles. The Morgan fingerprint density at radius 3 is 2.42 bits per heavy atom. The molecule has 0 radical (unpaired) electrons. The average molecular weight is 385 g/mol. The fourth-order valence-corrected chi connectivity index (χ4v) is 3.21. The maximum Gasteiger partial charge on any atom is 0.277 e. The van der Waals surface area contributed by atoms with E-state index in [4.69, 9.17) is 0 Å². The highest BCUT2D eigenvalue weighted by atomic mass is 79.9. The van der Waals surface area contributed by atoms with Gasteiger partial charge in [-0.15, -0.1) is 0 Å². The Morgan fingerprint density at radius 2 is 1.75 bits per heavy atom. The van der Waals surface area contributed by atoms with Crippen molar-refractivity contribution >= 4 is 39.0 Å². The predicted octanol–water partition coefficient (Wildman–Crippen LogP) is 3.89. The highest BCUT2D eigenvalue weighted by molar-refractivity contribution is 9.10. The zero-order chi connectivity index (χ0) is 17.4. The van der Waals surface area contributed by atoms with Crippen LogP contribution in [0.15, 0.2) is 52.6 Å². The molecule has 2 aromatic carbocycles. The van der Waals surface area contributed by atoms with Gasteiger partial charge in [0.05, 0.1) is 5.57 Å². The van der Waals surface area contributed by atoms with E-state index in [0.29, 0.717) is 11.3 Å². The molecule has 2 aromatic rings. The Bertz CT molecular complexity index is 887. The van der Waals surface area contributed by atoms with Crippen molar-refractivity contribution in [3.63, 3.8) is 0 Å². The summed E-state index contributed by atoms with van der Waals surface area (Å²) in [5.41, 5.74) is 4.34. The SMILES string of the molecule is Cc1ccc(C2=C(Nc3cccc(Br)c3)C(=O)N(C)C2=O)c(C)c1. The topological polar surface area (TPSA) is 49.4 Å². The van der Waals surface area contributed by atoms with Crippen molar-refractivity contribution in [1.29, 1.82) is 0 Å². The number of carbonyl (C=O) groups is 2. The van der Waals surface area contributed by atoms with Crippen LogP contribution >= 0.6 is 15.9 Å². The summed E-state index contributed by atoms with van der Waals surface area (Å²) in [4.78, 5) is 26.3. The lowest BCUT2D eigenvalue weighted by Gasteiger charge is -2.10. The Kier molecular flexibility index (Phi) is 4.28. The summed E-state index contributed by atoms with van der Waals surface area (Å²) >= 11 is 3.41. The normalized spacial score (nSPS) is 14.6. The summed E-state index contributed by atoms with van der Waals surface area (Å²) in [5, 5.41) is 3.12. The van der Waals surface area contributed by atoms with E-state index in [1.807, 2.05) is 56.3 Å². The molecule has 1 N–H and O–H groups in total. The molecule has 0 atom stereocenters. The Balaban J connectivity index is 2.14. The van der Waals surface area contributed by atoms with Crippen LogP contribution in [0.4, 0.5) is 5.69 Å². The van der Waals surface area contributed by atoms with E-state index in [-0.39, 0.29) is 11.8 Å². The standard InChI is InChI=1S/C19H17BrN2O2/c1-11-7-8-15(12(2)9-11)16-17(19(24)22(3)18(16)23)21-14-6-4-5-13(20)10-14/h4-10,21H,1-3H3. The first-order chi connectivity index (χ1) is 11.4. The van der Waals surface area contributed by atoms with E-state index < -0.39 is 0 Å². The number of carbonyl (C=O) groups excluding carboxylic acids is 2. The van der Waals surface area contributed by atoms with E-state index in [9.17, 15) is 9.59 Å². The van der Waals surface area contributed by atoms with Crippen LogP contribution in [0.2, 0.25) is 0 Å². The number of nitrogens with one attached hydrogen (secondary N) is 1. The number of aryl methyl sites for hydroxylation is 2. The molecule has 122 valence electrons. The van der Waals surface area contributed by atoms with Crippen molar-refractivity contribution in [2.24, 2.45) is 0 Å². The quantitative estimate of drug-likeness (QED) is 0.816. The summed E-state index contributed by atoms with van der Waals surface area (Å²) in [6.45, 7) is 3.95. The first kappa shape index (κ1) is 16.5. The number of hydrogen-bond donors (Lipinski definition) is 1. The molecule has 0 fully saturated rings. The minimum absolute atomic E-state index is 0.288. The molecule has 0 saturated carbocycles. The van der Waals surface area contributed by atoms with E-state index in [1.165, 1.54) is 7.05 Å². The van der Waals surface area contributed by atoms with E-state index >= 15 is 0 Å². The lowest BCUT2D eigenvalue weighted by molar-refractivity contribution is -0.135. The maximum absolute atomic E-state index is 12.6. The van der Waals surface area contributed by atoms with Gasteiger partial charge < -0.3 is 5.32 Å². The van der Waals surface area contributed by atoms with Crippen molar-refractivity contribution in [2.75, 3.05) is 12.4 Å². The van der Waals surface area contributed by atoms with Crippen molar-refractivity contribution in [1.82, 2.24) is 4.90 Å². The number of anilines is 1. The molecule has 0 aliphatic carbocycles. The van der Waals surface area contributed by atoms with Gasteiger partial charge in [0.15, 0.2) is 0 Å². The van der Waals surface area contributed by atoms with Crippen LogP contribution in [0.5, 0.6) is 0 Å². The number of hydrogen-bond acceptors (Lipinski definition) is 3. The molecule has 1 heterocycles. The summed E-state index contributed by atoms with van der Waals surface area (Å²) < 4.78 is 0.895. The minimum atomic E-state index is -0.324. The van der Waals surface area contributed by atoms with Crippen molar-refractivity contribution < 1.29 is 9.59 Å². The number of rotatable bonds is 3. The van der Waals surface area contributed by atoms with E-state index in [2.05, 4.69) is 21.2 Å². The minimum Gasteiger partial charge on any atom is -0.350 e. The second-order valence-corrected chi connectivity index (χ2v) is 6.79. The Hall–Kier alpha value is -2.40. The zero-order valence-electron chi connectivity index (χ0n) is 13.7. The van der Waals surface area contributed by atoms with E-state index in [0.717, 1.165) is 31.8 Å². The van der Waals surface area contributed by atoms with Crippen LogP contribution in [0.3, 0.4) is 0 Å². The Morgan fingerprint density at radius 1 is 1.00 bits per heavy atom. The largest absolute Gasteiger partial charge is 0.350 e. The molecule has 4 nitrogen and oxygen atoms in total. The van der Waals surface area contributed by atoms with Gasteiger partial charge in [-0.1, -0.05) is 45.8 Å². The molecule has 24 heavy (non-hydrogen) atoms. The average Bonchev–Trinajstić information content (AvgIpc) is 2.73. The number of likely N-dealkylation sites (N-methyl/N-ethyl adjacent to an activating group) is 1. The van der Waals surface area contributed by atoms with Crippen molar-refractivity contribution in [2.45, 2.75) is 13.8 Å². The second-order valence-electron chi connectivity index (χ2n) is 5.87. The van der Waals surface area contributed by atoms with Gasteiger partial charge in [-0.05, 0) is 43.2 Å². The molecule has 1 aliphatic heterocycles. The molecular formula is C19H17BrN2O2. The fraction of sp³-hybridized carbons (Fsp3) is 0.158. The molecule has 0 spiro atoms. The molecule has 1 aliphatic rings. The monoisotopic (exact) mass is 384 g/mol. The van der Waals surface area contributed by atoms with Crippen molar-refractivity contribution in [3.05, 3.63) is 69.3 Å². The molecule has 0 bridgehead atoms. The van der Waals surface area contributed by atoms with Gasteiger partial charge in [-0.25, -0.2) is 0 Å². The lowest BCUT2D eigenvalue weighted by atomic mass is 9.97. The third-order valence-corrected chi connectivity index (χ3v) is 4.53. The van der Waals surface area contributed by atoms with Gasteiger partial charge >= 0.3 is 0 Å². The number of nitrogens with zero attached hydrogens (tertiary/aromatic N) is 1. The van der Waals surface area contributed by atoms with Gasteiger partial charge in [-0.2, -0.15) is 0 Å². The van der Waals surface area contributed by atoms with Crippen LogP contribution in [-0.4, -0.2) is 23.8 Å². The van der Waals surface area contributed by atoms with E-state index in [1.54, 1.807) is 0 Å². The molecule has 5 heteroatoms. The molecule has 3 rings (SSSR count). The molecule has 0 saturated heterocycles. The highest BCUT2D eigenvalue weighted by Crippen LogP contribution is 2.32. The molecule has 0 unspecified atom stereocenters. The Labute approximate surface area is 149 Å². The first-order valence-corrected chi connectivity index (χ1v) is 8.34. The number of benzene rings is 2. The maximum atomic E-state index is 12.6. The van der Waals surface area contributed by atoms with Crippen molar-refractivity contribution in [3.8, 4) is 0 Å². The van der Waals surface area contributed by atoms with Crippen LogP contribution < -0.4 is 5.32 Å². The summed E-state index contributed by atoms with van der Waals surface area (Å²) in [5.74, 6) is -0.612.